The van der Waals surface area contributed by atoms with E-state index in [1.807, 2.05) is 32.9 Å². The Hall–Kier alpha value is -1.46. The van der Waals surface area contributed by atoms with Crippen LogP contribution in [0.2, 0.25) is 0 Å². The van der Waals surface area contributed by atoms with Crippen molar-refractivity contribution in [2.45, 2.75) is 33.2 Å². The largest absolute Gasteiger partial charge is 0.492 e. The second-order valence-electron chi connectivity index (χ2n) is 3.84. The molecule has 0 fully saturated rings. The molecule has 1 rings (SSSR count). The van der Waals surface area contributed by atoms with Gasteiger partial charge in [-0.15, -0.1) is 11.8 Å². The van der Waals surface area contributed by atoms with Crippen LogP contribution < -0.4 is 10.5 Å². The van der Waals surface area contributed by atoms with Crippen LogP contribution in [-0.2, 0) is 0 Å². The highest BCUT2D eigenvalue weighted by Crippen LogP contribution is 2.21. The summed E-state index contributed by atoms with van der Waals surface area (Å²) in [6, 6.07) is 6.14. The molecule has 0 aliphatic rings. The molecule has 0 saturated heterocycles. The average molecular weight is 217 g/mol. The number of aryl methyl sites for hydroxylation is 1. The fraction of sp³-hybridized carbons (Fsp3) is 0.429. The van der Waals surface area contributed by atoms with Crippen LogP contribution in [0.3, 0.4) is 0 Å². The summed E-state index contributed by atoms with van der Waals surface area (Å²) in [4.78, 5) is 0. The van der Waals surface area contributed by atoms with Gasteiger partial charge in [-0.25, -0.2) is 0 Å². The molecular weight excluding hydrogens is 198 g/mol. The maximum atomic E-state index is 5.81. The van der Waals surface area contributed by atoms with Crippen molar-refractivity contribution in [3.8, 4) is 17.6 Å². The van der Waals surface area contributed by atoms with Crippen molar-refractivity contribution in [1.82, 2.24) is 0 Å². The molecule has 2 N–H and O–H groups in total. The number of hydrogen-bond donors (Lipinski definition) is 1. The van der Waals surface area contributed by atoms with Gasteiger partial charge in [-0.3, -0.25) is 0 Å². The summed E-state index contributed by atoms with van der Waals surface area (Å²) >= 11 is 0. The normalized spacial score (nSPS) is 11.5. The highest BCUT2D eigenvalue weighted by atomic mass is 16.5. The van der Waals surface area contributed by atoms with E-state index in [1.165, 1.54) is 0 Å². The van der Waals surface area contributed by atoms with Gasteiger partial charge in [0.15, 0.2) is 0 Å². The molecule has 2 heteroatoms. The van der Waals surface area contributed by atoms with Crippen LogP contribution >= 0.6 is 0 Å². The Balaban J connectivity index is 2.63. The van der Waals surface area contributed by atoms with E-state index in [0.29, 0.717) is 6.61 Å². The van der Waals surface area contributed by atoms with Gasteiger partial charge in [-0.05, 0) is 38.0 Å². The third-order valence-electron chi connectivity index (χ3n) is 2.39. The second kappa shape index (κ2) is 6.19. The van der Waals surface area contributed by atoms with Crippen LogP contribution in [0.15, 0.2) is 18.2 Å². The number of hydrogen-bond acceptors (Lipinski definition) is 2. The molecule has 0 aliphatic carbocycles. The fourth-order valence-electron chi connectivity index (χ4n) is 1.45. The standard InChI is InChI=1S/C14H19NO/c1-4-5-6-9-16-14-8-7-13(12(3)15)10-11(14)2/h7-8,10,12H,6,9,15H2,1-3H3. The Labute approximate surface area is 97.8 Å². The highest BCUT2D eigenvalue weighted by Gasteiger charge is 2.03. The zero-order valence-electron chi connectivity index (χ0n) is 10.2. The number of ether oxygens (including phenoxy) is 1. The molecule has 1 aromatic carbocycles. The molecule has 16 heavy (non-hydrogen) atoms. The Bertz CT molecular complexity index is 399. The van der Waals surface area contributed by atoms with E-state index in [-0.39, 0.29) is 6.04 Å². The van der Waals surface area contributed by atoms with Crippen LogP contribution in [0.25, 0.3) is 0 Å². The van der Waals surface area contributed by atoms with E-state index in [2.05, 4.69) is 17.9 Å². The first-order valence-corrected chi connectivity index (χ1v) is 5.53. The van der Waals surface area contributed by atoms with Crippen molar-refractivity contribution < 1.29 is 4.74 Å². The van der Waals surface area contributed by atoms with Gasteiger partial charge >= 0.3 is 0 Å². The van der Waals surface area contributed by atoms with Crippen molar-refractivity contribution in [3.63, 3.8) is 0 Å². The summed E-state index contributed by atoms with van der Waals surface area (Å²) in [5.41, 5.74) is 8.07. The van der Waals surface area contributed by atoms with E-state index in [0.717, 1.165) is 23.3 Å². The van der Waals surface area contributed by atoms with Gasteiger partial charge in [0.1, 0.15) is 5.75 Å². The van der Waals surface area contributed by atoms with Gasteiger partial charge in [0, 0.05) is 12.5 Å². The quantitative estimate of drug-likeness (QED) is 0.621. The van der Waals surface area contributed by atoms with E-state index < -0.39 is 0 Å². The van der Waals surface area contributed by atoms with Crippen molar-refractivity contribution in [1.29, 1.82) is 0 Å². The molecule has 2 nitrogen and oxygen atoms in total. The van der Waals surface area contributed by atoms with E-state index >= 15 is 0 Å². The molecule has 1 atom stereocenters. The monoisotopic (exact) mass is 217 g/mol. The zero-order chi connectivity index (χ0) is 12.0. The van der Waals surface area contributed by atoms with Crippen LogP contribution in [-0.4, -0.2) is 6.61 Å². The van der Waals surface area contributed by atoms with Gasteiger partial charge in [0.05, 0.1) is 6.61 Å². The molecule has 0 bridgehead atoms. The summed E-state index contributed by atoms with van der Waals surface area (Å²) in [5.74, 6) is 6.74. The van der Waals surface area contributed by atoms with Crippen molar-refractivity contribution in [2.75, 3.05) is 6.61 Å². The van der Waals surface area contributed by atoms with Gasteiger partial charge < -0.3 is 10.5 Å². The molecule has 0 radical (unpaired) electrons. The Morgan fingerprint density at radius 3 is 2.75 bits per heavy atom. The molecule has 1 unspecified atom stereocenters. The van der Waals surface area contributed by atoms with Crippen LogP contribution in [0.1, 0.15) is 37.4 Å². The number of rotatable bonds is 4. The van der Waals surface area contributed by atoms with Gasteiger partial charge in [-0.2, -0.15) is 0 Å². The lowest BCUT2D eigenvalue weighted by Gasteiger charge is -2.11. The summed E-state index contributed by atoms with van der Waals surface area (Å²) in [6.45, 7) is 6.49. The first kappa shape index (κ1) is 12.6. The predicted octanol–water partition coefficient (Wildman–Crippen LogP) is 2.81. The van der Waals surface area contributed by atoms with Crippen molar-refractivity contribution in [2.24, 2.45) is 5.73 Å². The third-order valence-corrected chi connectivity index (χ3v) is 2.39. The lowest BCUT2D eigenvalue weighted by molar-refractivity contribution is 0.325. The number of nitrogens with two attached hydrogens (primary N) is 1. The van der Waals surface area contributed by atoms with E-state index in [9.17, 15) is 0 Å². The molecular formula is C14H19NO. The number of benzene rings is 1. The summed E-state index contributed by atoms with van der Waals surface area (Å²) in [5, 5.41) is 0. The topological polar surface area (TPSA) is 35.2 Å². The molecule has 0 aliphatic heterocycles. The van der Waals surface area contributed by atoms with E-state index in [4.69, 9.17) is 10.5 Å². The maximum absolute atomic E-state index is 5.81. The minimum absolute atomic E-state index is 0.0682. The molecule has 86 valence electrons. The van der Waals surface area contributed by atoms with E-state index in [1.54, 1.807) is 0 Å². The average Bonchev–Trinajstić information content (AvgIpc) is 2.26. The molecule has 1 aromatic rings. The lowest BCUT2D eigenvalue weighted by atomic mass is 10.1. The molecule has 0 heterocycles. The minimum Gasteiger partial charge on any atom is -0.492 e. The molecule has 0 amide bonds. The van der Waals surface area contributed by atoms with Gasteiger partial charge in [-0.1, -0.05) is 12.1 Å². The molecule has 0 saturated carbocycles. The Morgan fingerprint density at radius 1 is 1.44 bits per heavy atom. The smallest absolute Gasteiger partial charge is 0.122 e. The Kier molecular flexibility index (Phi) is 4.88. The minimum atomic E-state index is 0.0682. The summed E-state index contributed by atoms with van der Waals surface area (Å²) in [7, 11) is 0. The second-order valence-corrected chi connectivity index (χ2v) is 3.84. The predicted molar refractivity (Wildman–Crippen MR) is 67.3 cm³/mol. The van der Waals surface area contributed by atoms with Crippen LogP contribution in [0, 0.1) is 18.8 Å². The Morgan fingerprint density at radius 2 is 2.19 bits per heavy atom. The first-order valence-electron chi connectivity index (χ1n) is 5.53. The SMILES string of the molecule is CC#CCCOc1ccc(C(C)N)cc1C. The molecule has 0 aromatic heterocycles. The van der Waals surface area contributed by atoms with Gasteiger partial charge in [0.2, 0.25) is 0 Å². The fourth-order valence-corrected chi connectivity index (χ4v) is 1.45. The highest BCUT2D eigenvalue weighted by molar-refractivity contribution is 5.37. The maximum Gasteiger partial charge on any atom is 0.122 e. The van der Waals surface area contributed by atoms with Crippen LogP contribution in [0.4, 0.5) is 0 Å². The zero-order valence-corrected chi connectivity index (χ0v) is 10.2. The third kappa shape index (κ3) is 3.60. The van der Waals surface area contributed by atoms with Crippen LogP contribution in [0.5, 0.6) is 5.75 Å². The van der Waals surface area contributed by atoms with Crippen molar-refractivity contribution in [3.05, 3.63) is 29.3 Å². The van der Waals surface area contributed by atoms with Gasteiger partial charge in [0.25, 0.3) is 0 Å². The van der Waals surface area contributed by atoms with Crippen molar-refractivity contribution >= 4 is 0 Å². The lowest BCUT2D eigenvalue weighted by Crippen LogP contribution is -2.05. The summed E-state index contributed by atoms with van der Waals surface area (Å²) in [6.07, 6.45) is 0.769. The summed E-state index contributed by atoms with van der Waals surface area (Å²) < 4.78 is 5.63. The molecule has 0 spiro atoms. The first-order chi connectivity index (χ1) is 7.65.